The van der Waals surface area contributed by atoms with E-state index in [-0.39, 0.29) is 32.0 Å². The van der Waals surface area contributed by atoms with Gasteiger partial charge in [0.25, 0.3) is 0 Å². The van der Waals surface area contributed by atoms with Crippen molar-refractivity contribution in [3.8, 4) is 0 Å². The normalized spacial score (nSPS) is 15.4. The third-order valence-corrected chi connectivity index (χ3v) is 11.6. The Kier molecular flexibility index (Phi) is 23.6. The molecule has 0 spiro atoms. The van der Waals surface area contributed by atoms with Crippen LogP contribution in [0.5, 0.6) is 0 Å². The number of Topliss-reactive ketones (excluding diaryl/α,β-unsaturated/α-hetero) is 4. The van der Waals surface area contributed by atoms with Crippen molar-refractivity contribution in [2.45, 2.75) is 107 Å². The number of methoxy groups -OCH3 is 1. The van der Waals surface area contributed by atoms with Crippen molar-refractivity contribution >= 4 is 66.1 Å². The molecule has 0 aromatic heterocycles. The highest BCUT2D eigenvalue weighted by Gasteiger charge is 2.49. The Morgan fingerprint density at radius 3 is 1.42 bits per heavy atom. The summed E-state index contributed by atoms with van der Waals surface area (Å²) in [5.74, 6) is 0.275. The van der Waals surface area contributed by atoms with Crippen LogP contribution in [0.3, 0.4) is 0 Å². The van der Waals surface area contributed by atoms with Gasteiger partial charge in [0.2, 0.25) is 0 Å². The van der Waals surface area contributed by atoms with E-state index in [4.69, 9.17) is 9.84 Å². The molecule has 0 aliphatic heterocycles. The number of hydrogen-bond acceptors (Lipinski definition) is 7. The molecular weight excluding hydrogens is 798 g/mol. The second kappa shape index (κ2) is 24.8. The van der Waals surface area contributed by atoms with Gasteiger partial charge in [-0.3, -0.25) is 19.2 Å². The van der Waals surface area contributed by atoms with E-state index >= 15 is 0 Å². The van der Waals surface area contributed by atoms with Gasteiger partial charge in [0.1, 0.15) is 23.1 Å². The van der Waals surface area contributed by atoms with Crippen LogP contribution >= 0.6 is 31.9 Å². The number of carbonyl (C=O) groups is 4. The Morgan fingerprint density at radius 1 is 0.736 bits per heavy atom. The lowest BCUT2D eigenvalue weighted by atomic mass is 9.74. The van der Waals surface area contributed by atoms with Gasteiger partial charge in [0.05, 0.1) is 10.8 Å². The van der Waals surface area contributed by atoms with Crippen LogP contribution in [0.25, 0.3) is 11.1 Å². The molecule has 2 aliphatic rings. The van der Waals surface area contributed by atoms with Crippen molar-refractivity contribution < 1.29 is 30.4 Å². The van der Waals surface area contributed by atoms with Crippen molar-refractivity contribution in [1.29, 1.82) is 0 Å². The van der Waals surface area contributed by atoms with Gasteiger partial charge in [0, 0.05) is 56.9 Å². The average Bonchev–Trinajstić information content (AvgIpc) is 3.57. The summed E-state index contributed by atoms with van der Waals surface area (Å²) in [6.07, 6.45) is 4.12. The molecule has 0 saturated heterocycles. The number of allylic oxidation sites excluding steroid dienone is 2. The number of aryl methyl sites for hydroxylation is 2. The lowest BCUT2D eigenvalue weighted by molar-refractivity contribution is -0.136. The van der Waals surface area contributed by atoms with Crippen molar-refractivity contribution in [2.75, 3.05) is 40.5 Å². The molecule has 2 aromatic rings. The smallest absolute Gasteiger partial charge is 0.147 e. The zero-order valence-electron chi connectivity index (χ0n) is 32.8. The fourth-order valence-corrected chi connectivity index (χ4v) is 7.99. The van der Waals surface area contributed by atoms with E-state index in [1.165, 1.54) is 19.6 Å². The summed E-state index contributed by atoms with van der Waals surface area (Å²) in [7, 11) is 2.63. The summed E-state index contributed by atoms with van der Waals surface area (Å²) >= 11 is 7.06. The first-order chi connectivity index (χ1) is 24.7. The standard InChI is InChI=1S/C19H23BrO3.C17H19BrO2.C6H15N.CH4O.CH4.H2/c1-13-5-6-16(20)15(11-13)14(2)12-19(9-4-10-23-3)17(21)7-8-18(19)22;1-4-17(15(19)7-8-16(17)20)10-12(3)13-9-11(2)5-6-14(13)18;1-4-7(5-2)6-3;1-2;;/h5-6,11H,2,4,7-10,12H2,1,3H3;5-6,9H,3-4,7-8,10H2,1-2H3;4-6H2,1-3H3;2H,1H3;1H4;1H/i;;;;;1+1. The molecule has 1 N–H and O–H groups in total. The summed E-state index contributed by atoms with van der Waals surface area (Å²) in [6.45, 7) is 24.9. The van der Waals surface area contributed by atoms with Crippen LogP contribution in [-0.4, -0.2) is 73.6 Å². The lowest BCUT2D eigenvalue weighted by Crippen LogP contribution is -2.33. The summed E-state index contributed by atoms with van der Waals surface area (Å²) < 4.78 is 6.99. The topological polar surface area (TPSA) is 101 Å². The molecule has 0 radical (unpaired) electrons. The van der Waals surface area contributed by atoms with Crippen molar-refractivity contribution in [1.82, 2.24) is 4.90 Å². The molecule has 7 nitrogen and oxygen atoms in total. The number of aliphatic hydroxyl groups excluding tert-OH is 1. The molecule has 0 amide bonds. The lowest BCUT2D eigenvalue weighted by Gasteiger charge is -2.27. The molecule has 0 atom stereocenters. The largest absolute Gasteiger partial charge is 0.400 e. The highest BCUT2D eigenvalue weighted by Crippen LogP contribution is 2.45. The van der Waals surface area contributed by atoms with Gasteiger partial charge in [0.15, 0.2) is 0 Å². The predicted molar refractivity (Wildman–Crippen MR) is 230 cm³/mol. The van der Waals surface area contributed by atoms with Gasteiger partial charge < -0.3 is 14.7 Å². The fourth-order valence-electron chi connectivity index (χ4n) is 6.93. The number of benzene rings is 2. The number of ether oxygens (including phenoxy) is 1. The first kappa shape index (κ1) is 50.4. The van der Waals surface area contributed by atoms with E-state index in [1.54, 1.807) is 7.11 Å². The average molecular weight is 867 g/mol. The minimum Gasteiger partial charge on any atom is -0.400 e. The Balaban J connectivity index is 0. The monoisotopic (exact) mass is 864 g/mol. The molecule has 2 aliphatic carbocycles. The van der Waals surface area contributed by atoms with E-state index in [1.807, 2.05) is 57.2 Å². The second-order valence-corrected chi connectivity index (χ2v) is 15.2. The SMILES string of the molecule is C.C=C(CC1(CC)C(=O)CCC1=O)c1cc(C)ccc1Br.C=C(CC1(CCCOC)C(=O)CCC1=O)c1cc(C)ccc1Br.CCN(CC)CC.CO.[2HH]. The van der Waals surface area contributed by atoms with Gasteiger partial charge in [-0.25, -0.2) is 0 Å². The predicted octanol–water partition coefficient (Wildman–Crippen LogP) is 10.8. The molecule has 2 fully saturated rings. The third-order valence-electron chi connectivity index (χ3n) is 10.2. The second-order valence-electron chi connectivity index (χ2n) is 13.5. The van der Waals surface area contributed by atoms with E-state index in [0.717, 1.165) is 49.5 Å². The molecule has 4 rings (SSSR count). The number of hydrogen-bond donors (Lipinski definition) is 1. The molecule has 0 heterocycles. The maximum atomic E-state index is 12.5. The Hall–Kier alpha value is -2.56. The quantitative estimate of drug-likeness (QED) is 0.149. The summed E-state index contributed by atoms with van der Waals surface area (Å²) in [5.41, 5.74) is 4.18. The molecule has 0 bridgehead atoms. The van der Waals surface area contributed by atoms with Crippen LogP contribution in [0.15, 0.2) is 58.5 Å². The van der Waals surface area contributed by atoms with Crippen molar-refractivity contribution in [3.63, 3.8) is 0 Å². The van der Waals surface area contributed by atoms with E-state index in [2.05, 4.69) is 70.7 Å². The Bertz CT molecular complexity index is 1510. The number of rotatable bonds is 14. The minimum atomic E-state index is -0.904. The number of halogens is 2. The molecule has 0 unspecified atom stereocenters. The van der Waals surface area contributed by atoms with Crippen LogP contribution in [0.2, 0.25) is 0 Å². The Morgan fingerprint density at radius 2 is 1.09 bits per heavy atom. The van der Waals surface area contributed by atoms with Crippen molar-refractivity contribution in [2.24, 2.45) is 10.8 Å². The van der Waals surface area contributed by atoms with Gasteiger partial charge in [-0.05, 0) is 100.0 Å². The van der Waals surface area contributed by atoms with Crippen LogP contribution < -0.4 is 0 Å². The third kappa shape index (κ3) is 13.6. The van der Waals surface area contributed by atoms with Crippen LogP contribution in [0.1, 0.15) is 117 Å². The van der Waals surface area contributed by atoms with E-state index < -0.39 is 10.8 Å². The first-order valence-corrected chi connectivity index (χ1v) is 19.9. The number of carbonyl (C=O) groups excluding carboxylic acids is 4. The number of nitrogens with zero attached hydrogens (tertiary/aromatic N) is 1. The van der Waals surface area contributed by atoms with Crippen molar-refractivity contribution in [3.05, 3.63) is 80.8 Å². The van der Waals surface area contributed by atoms with E-state index in [0.29, 0.717) is 64.4 Å². The summed E-state index contributed by atoms with van der Waals surface area (Å²) in [6, 6.07) is 12.1. The highest BCUT2D eigenvalue weighted by atomic mass is 79.9. The van der Waals surface area contributed by atoms with Gasteiger partial charge in [-0.2, -0.15) is 0 Å². The Labute approximate surface area is 338 Å². The molecule has 2 saturated carbocycles. The first-order valence-electron chi connectivity index (χ1n) is 18.3. The fraction of sp³-hybridized carbons (Fsp3) is 0.545. The molecule has 298 valence electrons. The number of ketones is 4. The maximum Gasteiger partial charge on any atom is 0.147 e. The van der Waals surface area contributed by atoms with Crippen LogP contribution in [0, 0.1) is 24.7 Å². The maximum absolute atomic E-state index is 12.5. The van der Waals surface area contributed by atoms with Crippen LogP contribution in [-0.2, 0) is 23.9 Å². The van der Waals surface area contributed by atoms with Crippen LogP contribution in [0.4, 0.5) is 0 Å². The van der Waals surface area contributed by atoms with Gasteiger partial charge in [-0.15, -0.1) is 0 Å². The zero-order valence-corrected chi connectivity index (χ0v) is 35.9. The summed E-state index contributed by atoms with van der Waals surface area (Å²) in [4.78, 5) is 51.8. The summed E-state index contributed by atoms with van der Waals surface area (Å²) in [5, 5.41) is 7.00. The van der Waals surface area contributed by atoms with Gasteiger partial charge in [-0.1, -0.05) is 116 Å². The number of aliphatic hydroxyl groups is 1. The highest BCUT2D eigenvalue weighted by molar-refractivity contribution is 9.10. The minimum absolute atomic E-state index is 0. The van der Waals surface area contributed by atoms with Gasteiger partial charge >= 0.3 is 0 Å². The molecular formula is C44H67Br2NO6. The van der Waals surface area contributed by atoms with E-state index in [9.17, 15) is 19.2 Å². The molecule has 53 heavy (non-hydrogen) atoms. The molecule has 9 heteroatoms. The molecule has 2 aromatic carbocycles. The zero-order chi connectivity index (χ0) is 39.6.